The van der Waals surface area contributed by atoms with Crippen molar-refractivity contribution in [2.45, 2.75) is 18.9 Å². The van der Waals surface area contributed by atoms with Crippen LogP contribution in [0.1, 0.15) is 12.8 Å². The molecule has 0 bridgehead atoms. The van der Waals surface area contributed by atoms with Gasteiger partial charge in [-0.15, -0.1) is 0 Å². The first-order chi connectivity index (χ1) is 7.91. The van der Waals surface area contributed by atoms with Gasteiger partial charge in [0, 0.05) is 13.1 Å². The van der Waals surface area contributed by atoms with E-state index in [1.54, 1.807) is 0 Å². The zero-order valence-electron chi connectivity index (χ0n) is 9.63. The molecule has 1 fully saturated rings. The number of likely N-dealkylation sites (tertiary alicyclic amines) is 1. The van der Waals surface area contributed by atoms with E-state index in [1.807, 2.05) is 0 Å². The maximum atomic E-state index is 11.4. The first kappa shape index (κ1) is 14.4. The molecule has 1 aliphatic rings. The van der Waals surface area contributed by atoms with Gasteiger partial charge in [0.15, 0.2) is 0 Å². The second-order valence-electron chi connectivity index (χ2n) is 4.17. The summed E-state index contributed by atoms with van der Waals surface area (Å²) in [5, 5.41) is 8.52. The largest absolute Gasteiger partial charge is 0.480 e. The average molecular weight is 265 g/mol. The van der Waals surface area contributed by atoms with E-state index in [9.17, 15) is 13.2 Å². The van der Waals surface area contributed by atoms with Crippen LogP contribution in [0.4, 0.5) is 0 Å². The molecule has 0 aliphatic carbocycles. The highest BCUT2D eigenvalue weighted by molar-refractivity contribution is 7.89. The van der Waals surface area contributed by atoms with Gasteiger partial charge in [0.2, 0.25) is 10.0 Å². The second kappa shape index (κ2) is 6.29. The Kier molecular flexibility index (Phi) is 5.31. The third kappa shape index (κ3) is 5.44. The van der Waals surface area contributed by atoms with Gasteiger partial charge < -0.3 is 15.7 Å². The SMILES string of the molecule is NC(CS(=O)(=O)NCCN1CCCC1)C(=O)O. The van der Waals surface area contributed by atoms with Gasteiger partial charge in [0.1, 0.15) is 6.04 Å². The summed E-state index contributed by atoms with van der Waals surface area (Å²) in [4.78, 5) is 12.6. The zero-order chi connectivity index (χ0) is 12.9. The molecule has 1 aliphatic heterocycles. The van der Waals surface area contributed by atoms with Crippen molar-refractivity contribution in [1.82, 2.24) is 9.62 Å². The minimum Gasteiger partial charge on any atom is -0.480 e. The Morgan fingerprint density at radius 3 is 2.53 bits per heavy atom. The number of nitrogens with two attached hydrogens (primary N) is 1. The molecule has 4 N–H and O–H groups in total. The third-order valence-electron chi connectivity index (χ3n) is 2.66. The van der Waals surface area contributed by atoms with Gasteiger partial charge in [-0.2, -0.15) is 0 Å². The normalized spacial score (nSPS) is 19.4. The number of nitrogens with zero attached hydrogens (tertiary/aromatic N) is 1. The Bertz CT molecular complexity index is 351. The minimum atomic E-state index is -3.60. The summed E-state index contributed by atoms with van der Waals surface area (Å²) in [7, 11) is -3.60. The molecule has 8 heteroatoms. The molecule has 1 heterocycles. The van der Waals surface area contributed by atoms with Crippen molar-refractivity contribution < 1.29 is 18.3 Å². The van der Waals surface area contributed by atoms with Crippen LogP contribution in [0.3, 0.4) is 0 Å². The van der Waals surface area contributed by atoms with Crippen LogP contribution in [0.25, 0.3) is 0 Å². The maximum Gasteiger partial charge on any atom is 0.321 e. The zero-order valence-corrected chi connectivity index (χ0v) is 10.4. The summed E-state index contributed by atoms with van der Waals surface area (Å²) >= 11 is 0. The highest BCUT2D eigenvalue weighted by Gasteiger charge is 2.21. The molecule has 0 radical (unpaired) electrons. The summed E-state index contributed by atoms with van der Waals surface area (Å²) in [6, 6.07) is -1.38. The van der Waals surface area contributed by atoms with E-state index < -0.39 is 27.8 Å². The Morgan fingerprint density at radius 1 is 1.41 bits per heavy atom. The first-order valence-corrected chi connectivity index (χ1v) is 7.24. The molecule has 1 saturated heterocycles. The standard InChI is InChI=1S/C9H19N3O4S/c10-8(9(13)14)7-17(15,16)11-3-6-12-4-1-2-5-12/h8,11H,1-7,10H2,(H,13,14). The number of carbonyl (C=O) groups is 1. The van der Waals surface area contributed by atoms with Crippen LogP contribution in [-0.4, -0.2) is 62.4 Å². The topological polar surface area (TPSA) is 113 Å². The van der Waals surface area contributed by atoms with E-state index in [0.717, 1.165) is 25.9 Å². The van der Waals surface area contributed by atoms with Crippen LogP contribution in [0.2, 0.25) is 0 Å². The van der Waals surface area contributed by atoms with Crippen molar-refractivity contribution in [3.8, 4) is 0 Å². The number of rotatable bonds is 7. The summed E-state index contributed by atoms with van der Waals surface area (Å²) in [6.45, 7) is 2.95. The number of hydrogen-bond donors (Lipinski definition) is 3. The Morgan fingerprint density at radius 2 is 2.00 bits per heavy atom. The molecule has 100 valence electrons. The smallest absolute Gasteiger partial charge is 0.321 e. The lowest BCUT2D eigenvalue weighted by molar-refractivity contribution is -0.137. The van der Waals surface area contributed by atoms with Crippen LogP contribution in [0.15, 0.2) is 0 Å². The monoisotopic (exact) mass is 265 g/mol. The quantitative estimate of drug-likeness (QED) is 0.512. The number of aliphatic carboxylic acids is 1. The average Bonchev–Trinajstić information content (AvgIpc) is 2.69. The summed E-state index contributed by atoms with van der Waals surface area (Å²) in [5.74, 6) is -1.89. The van der Waals surface area contributed by atoms with Gasteiger partial charge >= 0.3 is 5.97 Å². The summed E-state index contributed by atoms with van der Waals surface area (Å²) < 4.78 is 25.3. The third-order valence-corrected chi connectivity index (χ3v) is 4.11. The van der Waals surface area contributed by atoms with Crippen LogP contribution >= 0.6 is 0 Å². The Balaban J connectivity index is 2.26. The summed E-state index contributed by atoms with van der Waals surface area (Å²) in [5.41, 5.74) is 5.17. The predicted octanol–water partition coefficient (Wildman–Crippen LogP) is -1.59. The Hall–Kier alpha value is -0.700. The second-order valence-corrected chi connectivity index (χ2v) is 6.02. The van der Waals surface area contributed by atoms with E-state index in [0.29, 0.717) is 13.1 Å². The molecule has 0 amide bonds. The minimum absolute atomic E-state index is 0.300. The Labute approximate surface area is 101 Å². The molecule has 0 aromatic rings. The van der Waals surface area contributed by atoms with Crippen LogP contribution in [-0.2, 0) is 14.8 Å². The lowest BCUT2D eigenvalue weighted by Crippen LogP contribution is -2.43. The van der Waals surface area contributed by atoms with Crippen molar-refractivity contribution in [2.24, 2.45) is 5.73 Å². The van der Waals surface area contributed by atoms with Crippen LogP contribution < -0.4 is 10.5 Å². The van der Waals surface area contributed by atoms with Crippen molar-refractivity contribution in [1.29, 1.82) is 0 Å². The maximum absolute atomic E-state index is 11.4. The predicted molar refractivity (Wildman–Crippen MR) is 63.1 cm³/mol. The van der Waals surface area contributed by atoms with Gasteiger partial charge in [-0.3, -0.25) is 4.79 Å². The van der Waals surface area contributed by atoms with Gasteiger partial charge in [0.05, 0.1) is 5.75 Å². The number of sulfonamides is 1. The fraction of sp³-hybridized carbons (Fsp3) is 0.889. The van der Waals surface area contributed by atoms with E-state index in [4.69, 9.17) is 10.8 Å². The number of carboxylic acid groups (broad SMARTS) is 1. The van der Waals surface area contributed by atoms with Gasteiger partial charge in [-0.05, 0) is 25.9 Å². The van der Waals surface area contributed by atoms with Crippen molar-refractivity contribution in [3.63, 3.8) is 0 Å². The molecule has 17 heavy (non-hydrogen) atoms. The molecule has 1 rings (SSSR count). The van der Waals surface area contributed by atoms with Crippen LogP contribution in [0, 0.1) is 0 Å². The van der Waals surface area contributed by atoms with E-state index >= 15 is 0 Å². The molecule has 0 saturated carbocycles. The number of hydrogen-bond acceptors (Lipinski definition) is 5. The fourth-order valence-corrected chi connectivity index (χ4v) is 2.87. The summed E-state index contributed by atoms with van der Waals surface area (Å²) in [6.07, 6.45) is 2.30. The van der Waals surface area contributed by atoms with Crippen molar-refractivity contribution in [2.75, 3.05) is 31.9 Å². The van der Waals surface area contributed by atoms with Gasteiger partial charge in [0.25, 0.3) is 0 Å². The first-order valence-electron chi connectivity index (χ1n) is 5.59. The fourth-order valence-electron chi connectivity index (χ4n) is 1.73. The molecule has 7 nitrogen and oxygen atoms in total. The lowest BCUT2D eigenvalue weighted by atomic mass is 10.4. The van der Waals surface area contributed by atoms with E-state index in [1.165, 1.54) is 0 Å². The van der Waals surface area contributed by atoms with E-state index in [-0.39, 0.29) is 0 Å². The number of carboxylic acids is 1. The van der Waals surface area contributed by atoms with E-state index in [2.05, 4.69) is 9.62 Å². The molecular formula is C9H19N3O4S. The van der Waals surface area contributed by atoms with Gasteiger partial charge in [-0.1, -0.05) is 0 Å². The highest BCUT2D eigenvalue weighted by Crippen LogP contribution is 2.05. The molecule has 0 aromatic heterocycles. The number of nitrogens with one attached hydrogen (secondary N) is 1. The molecular weight excluding hydrogens is 246 g/mol. The lowest BCUT2D eigenvalue weighted by Gasteiger charge is -2.15. The highest BCUT2D eigenvalue weighted by atomic mass is 32.2. The molecule has 1 unspecified atom stereocenters. The molecule has 0 spiro atoms. The molecule has 1 atom stereocenters. The van der Waals surface area contributed by atoms with Crippen LogP contribution in [0.5, 0.6) is 0 Å². The van der Waals surface area contributed by atoms with Crippen molar-refractivity contribution in [3.05, 3.63) is 0 Å². The molecule has 0 aromatic carbocycles. The van der Waals surface area contributed by atoms with Crippen molar-refractivity contribution >= 4 is 16.0 Å². The van der Waals surface area contributed by atoms with Gasteiger partial charge in [-0.25, -0.2) is 13.1 Å².